The Balaban J connectivity index is 0.00000506. The number of methoxy groups -OCH3 is 1. The second kappa shape index (κ2) is 13.7. The van der Waals surface area contributed by atoms with Crippen LogP contribution in [0.2, 0.25) is 0 Å². The summed E-state index contributed by atoms with van der Waals surface area (Å²) < 4.78 is 30.7. The third kappa shape index (κ3) is 7.27. The Kier molecular flexibility index (Phi) is 10.8. The van der Waals surface area contributed by atoms with E-state index in [1.54, 1.807) is 20.0 Å². The van der Waals surface area contributed by atoms with Crippen LogP contribution in [0, 0.1) is 11.3 Å². The van der Waals surface area contributed by atoms with E-state index in [0.717, 1.165) is 21.5 Å². The molecule has 0 spiro atoms. The van der Waals surface area contributed by atoms with E-state index in [1.165, 1.54) is 35.1 Å². The first-order valence-electron chi connectivity index (χ1n) is 12.9. The molecule has 0 fully saturated rings. The van der Waals surface area contributed by atoms with Crippen molar-refractivity contribution in [1.82, 2.24) is 10.6 Å². The summed E-state index contributed by atoms with van der Waals surface area (Å²) in [7, 11) is -0.620. The van der Waals surface area contributed by atoms with Gasteiger partial charge in [0.25, 0.3) is 5.91 Å². The van der Waals surface area contributed by atoms with Crippen molar-refractivity contribution in [2.75, 3.05) is 42.5 Å². The van der Waals surface area contributed by atoms with Crippen LogP contribution in [0.3, 0.4) is 0 Å². The van der Waals surface area contributed by atoms with Gasteiger partial charge in [-0.05, 0) is 61.1 Å². The average molecular weight is 693 g/mol. The van der Waals surface area contributed by atoms with E-state index >= 15 is 0 Å². The Morgan fingerprint density at radius 1 is 1.16 bits per heavy atom. The fourth-order valence-electron chi connectivity index (χ4n) is 4.81. The summed E-state index contributed by atoms with van der Waals surface area (Å²) in [6.45, 7) is 1.26. The molecular weight excluding hydrogens is 662 g/mol. The molecule has 3 aromatic rings. The monoisotopic (exact) mass is 691 g/mol. The maximum Gasteiger partial charge on any atom is 0.251 e. The number of amides is 3. The Bertz CT molecular complexity index is 1730. The molecule has 43 heavy (non-hydrogen) atoms. The van der Waals surface area contributed by atoms with Crippen LogP contribution < -0.4 is 25.2 Å². The number of nitrogens with zero attached hydrogens (tertiary/aromatic N) is 3. The molecule has 3 amide bonds. The SMILES string of the molecule is CN[C@@H](C)C(=O)N[C@H]1CN(C(=O)CS(C)(=O)=O)c2ccc(C#N)cc2N(Cc2c(OC)ccc3c(Br)cccc23)C1=O.Cl. The van der Waals surface area contributed by atoms with E-state index in [1.807, 2.05) is 24.3 Å². The largest absolute Gasteiger partial charge is 0.496 e. The van der Waals surface area contributed by atoms with Crippen LogP contribution in [0.5, 0.6) is 5.75 Å². The molecular formula is C29H31BrClN5O6S. The quantitative estimate of drug-likeness (QED) is 0.366. The number of hydrogen-bond donors (Lipinski definition) is 2. The van der Waals surface area contributed by atoms with Gasteiger partial charge in [-0.3, -0.25) is 14.4 Å². The van der Waals surface area contributed by atoms with E-state index in [9.17, 15) is 28.1 Å². The number of fused-ring (bicyclic) bond motifs is 2. The van der Waals surface area contributed by atoms with Crippen molar-refractivity contribution in [3.05, 3.63) is 64.1 Å². The molecule has 4 rings (SSSR count). The van der Waals surface area contributed by atoms with Gasteiger partial charge in [0, 0.05) is 16.3 Å². The minimum absolute atomic E-state index is 0. The number of halogens is 2. The van der Waals surface area contributed by atoms with Crippen molar-refractivity contribution >= 4 is 78.0 Å². The number of carbonyl (C=O) groups excluding carboxylic acids is 3. The van der Waals surface area contributed by atoms with Crippen molar-refractivity contribution in [2.45, 2.75) is 25.6 Å². The number of rotatable bonds is 8. The summed E-state index contributed by atoms with van der Waals surface area (Å²) >= 11 is 3.57. The van der Waals surface area contributed by atoms with Crippen LogP contribution in [0.15, 0.2) is 53.0 Å². The number of likely N-dealkylation sites (N-methyl/N-ethyl adjacent to an activating group) is 1. The third-order valence-corrected chi connectivity index (χ3v) is 8.52. The molecule has 0 unspecified atom stereocenters. The molecule has 11 nitrogen and oxygen atoms in total. The fourth-order valence-corrected chi connectivity index (χ4v) is 5.92. The predicted molar refractivity (Wildman–Crippen MR) is 170 cm³/mol. The highest BCUT2D eigenvalue weighted by molar-refractivity contribution is 9.10. The second-order valence-electron chi connectivity index (χ2n) is 9.97. The van der Waals surface area contributed by atoms with E-state index in [2.05, 4.69) is 32.6 Å². The van der Waals surface area contributed by atoms with Crippen LogP contribution in [0.1, 0.15) is 18.1 Å². The summed E-state index contributed by atoms with van der Waals surface area (Å²) in [6.07, 6.45) is 0.943. The van der Waals surface area contributed by atoms with Gasteiger partial charge in [0.2, 0.25) is 11.8 Å². The number of ether oxygens (including phenoxy) is 1. The molecule has 228 valence electrons. The molecule has 1 aliphatic heterocycles. The summed E-state index contributed by atoms with van der Waals surface area (Å²) in [4.78, 5) is 43.2. The minimum atomic E-state index is -3.73. The Morgan fingerprint density at radius 3 is 2.51 bits per heavy atom. The highest BCUT2D eigenvalue weighted by Crippen LogP contribution is 2.39. The van der Waals surface area contributed by atoms with Crippen LogP contribution >= 0.6 is 28.3 Å². The summed E-state index contributed by atoms with van der Waals surface area (Å²) in [6, 6.07) is 14.0. The molecule has 1 heterocycles. The molecule has 1 aliphatic rings. The Morgan fingerprint density at radius 2 is 1.88 bits per heavy atom. The third-order valence-electron chi connectivity index (χ3n) is 7.06. The molecule has 2 N–H and O–H groups in total. The predicted octanol–water partition coefficient (Wildman–Crippen LogP) is 2.92. The fraction of sp³-hybridized carbons (Fsp3) is 0.310. The zero-order chi connectivity index (χ0) is 30.8. The normalized spacial score (nSPS) is 15.5. The first-order chi connectivity index (χ1) is 19.9. The van der Waals surface area contributed by atoms with Crippen molar-refractivity contribution in [3.8, 4) is 11.8 Å². The first-order valence-corrected chi connectivity index (χ1v) is 15.8. The smallest absolute Gasteiger partial charge is 0.251 e. The van der Waals surface area contributed by atoms with Crippen molar-refractivity contribution in [1.29, 1.82) is 5.26 Å². The molecule has 3 aromatic carbocycles. The lowest BCUT2D eigenvalue weighted by molar-refractivity contribution is -0.128. The number of anilines is 2. The lowest BCUT2D eigenvalue weighted by Crippen LogP contribution is -2.56. The zero-order valence-corrected chi connectivity index (χ0v) is 27.1. The second-order valence-corrected chi connectivity index (χ2v) is 13.0. The van der Waals surface area contributed by atoms with Gasteiger partial charge in [-0.2, -0.15) is 5.26 Å². The number of nitrogens with one attached hydrogen (secondary N) is 2. The van der Waals surface area contributed by atoms with Gasteiger partial charge in [0.1, 0.15) is 17.5 Å². The summed E-state index contributed by atoms with van der Waals surface area (Å²) in [5.41, 5.74) is 1.33. The van der Waals surface area contributed by atoms with Crippen molar-refractivity contribution in [3.63, 3.8) is 0 Å². The van der Waals surface area contributed by atoms with E-state index < -0.39 is 45.4 Å². The summed E-state index contributed by atoms with van der Waals surface area (Å²) in [5, 5.41) is 16.9. The number of hydrogen-bond acceptors (Lipinski definition) is 8. The molecule has 0 saturated heterocycles. The van der Waals surface area contributed by atoms with E-state index in [0.29, 0.717) is 11.3 Å². The van der Waals surface area contributed by atoms with Crippen LogP contribution in [-0.4, -0.2) is 70.9 Å². The van der Waals surface area contributed by atoms with Gasteiger partial charge in [0.05, 0.1) is 49.2 Å². The zero-order valence-electron chi connectivity index (χ0n) is 23.9. The minimum Gasteiger partial charge on any atom is -0.496 e. The Labute approximate surface area is 264 Å². The number of sulfone groups is 1. The first kappa shape index (κ1) is 33.8. The van der Waals surface area contributed by atoms with Gasteiger partial charge in [-0.25, -0.2) is 8.42 Å². The topological polar surface area (TPSA) is 149 Å². The summed E-state index contributed by atoms with van der Waals surface area (Å²) in [5.74, 6) is -2.11. The molecule has 0 aromatic heterocycles. The van der Waals surface area contributed by atoms with Crippen molar-refractivity contribution < 1.29 is 27.5 Å². The standard InChI is InChI=1S/C29H30BrN5O6S.ClH/c1-17(32-2)28(37)33-23-15-34(27(36)16-42(4,39)40)24-10-8-18(13-31)12-25(24)35(29(23)38)14-21-19-6-5-7-22(30)20(19)9-11-26(21)41-3;/h5-12,17,23,32H,14-16H2,1-4H3,(H,33,37);1H/t17-,23-;/m0./s1. The molecule has 0 radical (unpaired) electrons. The van der Waals surface area contributed by atoms with Crippen LogP contribution in [0.4, 0.5) is 11.4 Å². The van der Waals surface area contributed by atoms with Crippen LogP contribution in [-0.2, 0) is 30.8 Å². The van der Waals surface area contributed by atoms with Gasteiger partial charge in [-0.1, -0.05) is 28.1 Å². The lowest BCUT2D eigenvalue weighted by Gasteiger charge is -2.27. The van der Waals surface area contributed by atoms with Gasteiger partial charge >= 0.3 is 0 Å². The van der Waals surface area contributed by atoms with Crippen molar-refractivity contribution in [2.24, 2.45) is 0 Å². The molecule has 0 bridgehead atoms. The molecule has 0 aliphatic carbocycles. The van der Waals surface area contributed by atoms with Gasteiger partial charge in [0.15, 0.2) is 9.84 Å². The van der Waals surface area contributed by atoms with Gasteiger partial charge in [-0.15, -0.1) is 12.4 Å². The molecule has 0 saturated carbocycles. The van der Waals surface area contributed by atoms with Crippen LogP contribution in [0.25, 0.3) is 10.8 Å². The molecule has 2 atom stereocenters. The lowest BCUT2D eigenvalue weighted by atomic mass is 10.0. The van der Waals surface area contributed by atoms with E-state index in [4.69, 9.17) is 4.74 Å². The maximum atomic E-state index is 14.3. The number of nitriles is 1. The maximum absolute atomic E-state index is 14.3. The molecule has 14 heteroatoms. The van der Waals surface area contributed by atoms with Gasteiger partial charge < -0.3 is 25.2 Å². The highest BCUT2D eigenvalue weighted by Gasteiger charge is 2.38. The number of benzene rings is 3. The Hall–Kier alpha value is -3.70. The van der Waals surface area contributed by atoms with E-state index in [-0.39, 0.29) is 42.4 Å². The highest BCUT2D eigenvalue weighted by atomic mass is 79.9. The number of carbonyl (C=O) groups is 3. The average Bonchev–Trinajstić information content (AvgIpc) is 3.06.